The number of aryl methyl sites for hydroxylation is 1. The van der Waals surface area contributed by atoms with Crippen LogP contribution in [0.1, 0.15) is 67.8 Å². The molecule has 2 atom stereocenters. The number of halogens is 2. The summed E-state index contributed by atoms with van der Waals surface area (Å²) in [7, 11) is 1.67. The van der Waals surface area contributed by atoms with Crippen LogP contribution in [0.15, 0.2) is 30.5 Å². The topological polar surface area (TPSA) is 17.8 Å². The first kappa shape index (κ1) is 15.7. The zero-order valence-corrected chi connectivity index (χ0v) is 13.0. The predicted octanol–water partition coefficient (Wildman–Crippen LogP) is 5.02. The van der Waals surface area contributed by atoms with Crippen molar-refractivity contribution in [2.45, 2.75) is 45.5 Å². The lowest BCUT2D eigenvalue weighted by atomic mass is 9.90. The van der Waals surface area contributed by atoms with E-state index in [0.717, 1.165) is 12.0 Å². The van der Waals surface area contributed by atoms with Crippen molar-refractivity contribution >= 4 is 0 Å². The number of nitrogens with zero attached hydrogens (tertiary/aromatic N) is 2. The first-order valence-corrected chi connectivity index (χ1v) is 7.35. The smallest absolute Gasteiger partial charge is 0.275 e. The lowest BCUT2D eigenvalue weighted by Crippen LogP contribution is -2.00. The normalized spacial score (nSPS) is 14.4. The molecule has 0 aliphatic carbocycles. The number of hydrogen-bond donors (Lipinski definition) is 0. The fourth-order valence-electron chi connectivity index (χ4n) is 2.56. The molecule has 0 saturated heterocycles. The largest absolute Gasteiger partial charge is 0.282 e. The van der Waals surface area contributed by atoms with Crippen molar-refractivity contribution in [3.63, 3.8) is 0 Å². The van der Waals surface area contributed by atoms with Crippen molar-refractivity contribution in [3.8, 4) is 0 Å². The predicted molar refractivity (Wildman–Crippen MR) is 80.8 cm³/mol. The van der Waals surface area contributed by atoms with Crippen molar-refractivity contribution in [3.05, 3.63) is 52.8 Å². The fraction of sp³-hybridized carbons (Fsp3) is 0.471. The molecule has 0 bridgehead atoms. The maximum Gasteiger partial charge on any atom is 0.282 e. The van der Waals surface area contributed by atoms with Crippen LogP contribution in [0.25, 0.3) is 0 Å². The number of benzene rings is 1. The van der Waals surface area contributed by atoms with E-state index in [-0.39, 0.29) is 11.6 Å². The van der Waals surface area contributed by atoms with Crippen LogP contribution < -0.4 is 0 Å². The Morgan fingerprint density at radius 1 is 1.10 bits per heavy atom. The van der Waals surface area contributed by atoms with Crippen LogP contribution in [0.4, 0.5) is 8.78 Å². The van der Waals surface area contributed by atoms with Gasteiger partial charge in [-0.1, -0.05) is 45.0 Å². The summed E-state index contributed by atoms with van der Waals surface area (Å²) in [5.41, 5.74) is 2.81. The van der Waals surface area contributed by atoms with Gasteiger partial charge in [-0.15, -0.1) is 0 Å². The Bertz CT molecular complexity index is 587. The SMILES string of the molecule is CCC(C)c1ccc(C(C)c2cn(C)nc2C(F)F)cc1. The Labute approximate surface area is 124 Å². The summed E-state index contributed by atoms with van der Waals surface area (Å²) in [5.74, 6) is 0.429. The Morgan fingerprint density at radius 2 is 1.67 bits per heavy atom. The average Bonchev–Trinajstić information content (AvgIpc) is 2.88. The average molecular weight is 292 g/mol. The number of hydrogen-bond acceptors (Lipinski definition) is 1. The standard InChI is InChI=1S/C17H22F2N2/c1-5-11(2)13-6-8-14(9-7-13)12(3)15-10-21(4)20-16(15)17(18)19/h6-12,17H,5H2,1-4H3. The maximum atomic E-state index is 13.1. The van der Waals surface area contributed by atoms with Crippen LogP contribution in [0.5, 0.6) is 0 Å². The minimum absolute atomic E-state index is 0.0892. The molecular weight excluding hydrogens is 270 g/mol. The molecular formula is C17H22F2N2. The van der Waals surface area contributed by atoms with Gasteiger partial charge in [-0.3, -0.25) is 4.68 Å². The van der Waals surface area contributed by atoms with Gasteiger partial charge >= 0.3 is 0 Å². The highest BCUT2D eigenvalue weighted by atomic mass is 19.3. The highest BCUT2D eigenvalue weighted by Crippen LogP contribution is 2.32. The molecule has 0 amide bonds. The van der Waals surface area contributed by atoms with Gasteiger partial charge in [0.25, 0.3) is 6.43 Å². The van der Waals surface area contributed by atoms with E-state index in [0.29, 0.717) is 11.5 Å². The van der Waals surface area contributed by atoms with Crippen molar-refractivity contribution in [1.29, 1.82) is 0 Å². The number of aromatic nitrogens is 2. The van der Waals surface area contributed by atoms with Crippen LogP contribution in [-0.4, -0.2) is 9.78 Å². The number of alkyl halides is 2. The van der Waals surface area contributed by atoms with Crippen molar-refractivity contribution < 1.29 is 8.78 Å². The van der Waals surface area contributed by atoms with Gasteiger partial charge in [-0.25, -0.2) is 8.78 Å². The third kappa shape index (κ3) is 3.31. The van der Waals surface area contributed by atoms with Crippen molar-refractivity contribution in [2.75, 3.05) is 0 Å². The van der Waals surface area contributed by atoms with E-state index >= 15 is 0 Å². The second-order valence-corrected chi connectivity index (χ2v) is 5.64. The first-order valence-electron chi connectivity index (χ1n) is 7.35. The van der Waals surface area contributed by atoms with Gasteiger partial charge < -0.3 is 0 Å². The monoisotopic (exact) mass is 292 g/mol. The van der Waals surface area contributed by atoms with Gasteiger partial charge in [0.2, 0.25) is 0 Å². The Hall–Kier alpha value is -1.71. The molecule has 1 heterocycles. The summed E-state index contributed by atoms with van der Waals surface area (Å²) in [5, 5.41) is 3.88. The first-order chi connectivity index (χ1) is 9.93. The summed E-state index contributed by atoms with van der Waals surface area (Å²) in [6.07, 6.45) is 0.241. The van der Waals surface area contributed by atoms with E-state index in [2.05, 4.69) is 31.1 Å². The molecule has 21 heavy (non-hydrogen) atoms. The van der Waals surface area contributed by atoms with Gasteiger partial charge in [0, 0.05) is 24.7 Å². The lowest BCUT2D eigenvalue weighted by Gasteiger charge is -2.14. The maximum absolute atomic E-state index is 13.1. The minimum Gasteiger partial charge on any atom is -0.275 e. The molecule has 0 saturated carbocycles. The molecule has 2 unspecified atom stereocenters. The second-order valence-electron chi connectivity index (χ2n) is 5.64. The zero-order chi connectivity index (χ0) is 15.6. The molecule has 0 N–H and O–H groups in total. The van der Waals surface area contributed by atoms with E-state index in [1.54, 1.807) is 13.2 Å². The molecule has 0 radical (unpaired) electrons. The molecule has 2 aromatic rings. The molecule has 0 fully saturated rings. The van der Waals surface area contributed by atoms with Gasteiger partial charge in [-0.05, 0) is 23.5 Å². The van der Waals surface area contributed by atoms with Crippen LogP contribution in [-0.2, 0) is 7.05 Å². The molecule has 114 valence electrons. The molecule has 2 rings (SSSR count). The minimum atomic E-state index is -2.54. The quantitative estimate of drug-likeness (QED) is 0.756. The van der Waals surface area contributed by atoms with E-state index in [1.165, 1.54) is 10.2 Å². The Balaban J connectivity index is 2.30. The molecule has 2 nitrogen and oxygen atoms in total. The highest BCUT2D eigenvalue weighted by Gasteiger charge is 2.22. The van der Waals surface area contributed by atoms with E-state index in [1.807, 2.05) is 19.1 Å². The summed E-state index contributed by atoms with van der Waals surface area (Å²) in [6, 6.07) is 8.26. The molecule has 4 heteroatoms. The van der Waals surface area contributed by atoms with Crippen LogP contribution in [0.3, 0.4) is 0 Å². The molecule has 0 aliphatic rings. The molecule has 1 aromatic heterocycles. The lowest BCUT2D eigenvalue weighted by molar-refractivity contribution is 0.144. The fourth-order valence-corrected chi connectivity index (χ4v) is 2.56. The van der Waals surface area contributed by atoms with Crippen molar-refractivity contribution in [2.24, 2.45) is 7.05 Å². The van der Waals surface area contributed by atoms with Gasteiger partial charge in [-0.2, -0.15) is 5.10 Å². The highest BCUT2D eigenvalue weighted by molar-refractivity contribution is 5.35. The molecule has 0 aliphatic heterocycles. The van der Waals surface area contributed by atoms with Gasteiger partial charge in [0.05, 0.1) is 0 Å². The van der Waals surface area contributed by atoms with Crippen LogP contribution >= 0.6 is 0 Å². The van der Waals surface area contributed by atoms with Gasteiger partial charge in [0.15, 0.2) is 0 Å². The Kier molecular flexibility index (Phi) is 4.76. The van der Waals surface area contributed by atoms with Gasteiger partial charge in [0.1, 0.15) is 5.69 Å². The number of rotatable bonds is 5. The Morgan fingerprint density at radius 3 is 2.19 bits per heavy atom. The van der Waals surface area contributed by atoms with Crippen LogP contribution in [0, 0.1) is 0 Å². The second kappa shape index (κ2) is 6.37. The van der Waals surface area contributed by atoms with Crippen LogP contribution in [0.2, 0.25) is 0 Å². The molecule has 1 aromatic carbocycles. The van der Waals surface area contributed by atoms with E-state index < -0.39 is 6.43 Å². The molecule has 0 spiro atoms. The third-order valence-corrected chi connectivity index (χ3v) is 4.18. The van der Waals surface area contributed by atoms with E-state index in [9.17, 15) is 8.78 Å². The third-order valence-electron chi connectivity index (χ3n) is 4.18. The summed E-state index contributed by atoms with van der Waals surface area (Å²) in [4.78, 5) is 0. The zero-order valence-electron chi connectivity index (χ0n) is 13.0. The van der Waals surface area contributed by atoms with Crippen molar-refractivity contribution in [1.82, 2.24) is 9.78 Å². The van der Waals surface area contributed by atoms with E-state index in [4.69, 9.17) is 0 Å². The summed E-state index contributed by atoms with van der Waals surface area (Å²) < 4.78 is 27.6. The summed E-state index contributed by atoms with van der Waals surface area (Å²) in [6.45, 7) is 6.29. The summed E-state index contributed by atoms with van der Waals surface area (Å²) >= 11 is 0.